The highest BCUT2D eigenvalue weighted by Gasteiger charge is 2.05. The van der Waals surface area contributed by atoms with Crippen LogP contribution in [0, 0.1) is 13.8 Å². The zero-order valence-corrected chi connectivity index (χ0v) is 11.1. The number of aromatic hydroxyl groups is 1. The molecule has 0 fully saturated rings. The summed E-state index contributed by atoms with van der Waals surface area (Å²) in [4.78, 5) is 12.6. The van der Waals surface area contributed by atoms with Gasteiger partial charge in [0.1, 0.15) is 0 Å². The zero-order valence-electron chi connectivity index (χ0n) is 11.1. The minimum atomic E-state index is 0.0538. The Balaban J connectivity index is 2.32. The molecule has 0 aliphatic heterocycles. The van der Waals surface area contributed by atoms with Crippen molar-refractivity contribution in [2.45, 2.75) is 13.8 Å². The van der Waals surface area contributed by atoms with Crippen molar-refractivity contribution < 1.29 is 9.84 Å². The Morgan fingerprint density at radius 2 is 1.89 bits per heavy atom. The van der Waals surface area contributed by atoms with Gasteiger partial charge in [0.15, 0.2) is 11.5 Å². The van der Waals surface area contributed by atoms with Crippen LogP contribution >= 0.6 is 0 Å². The number of ether oxygens (including phenoxy) is 1. The van der Waals surface area contributed by atoms with Crippen molar-refractivity contribution in [3.05, 3.63) is 41.2 Å². The Labute approximate surface area is 111 Å². The molecule has 5 heteroatoms. The summed E-state index contributed by atoms with van der Waals surface area (Å²) in [6.07, 6.45) is 1.52. The van der Waals surface area contributed by atoms with Gasteiger partial charge in [0.25, 0.3) is 0 Å². The molecule has 2 aromatic rings. The molecule has 0 aliphatic carbocycles. The molecule has 19 heavy (non-hydrogen) atoms. The van der Waals surface area contributed by atoms with Gasteiger partial charge in [0.05, 0.1) is 7.11 Å². The number of phenols is 1. The molecule has 0 aliphatic rings. The Kier molecular flexibility index (Phi) is 3.75. The highest BCUT2D eigenvalue weighted by Crippen LogP contribution is 2.28. The maximum absolute atomic E-state index is 9.92. The van der Waals surface area contributed by atoms with Crippen LogP contribution in [0.4, 0.5) is 5.95 Å². The summed E-state index contributed by atoms with van der Waals surface area (Å²) in [5, 5.41) is 9.92. The van der Waals surface area contributed by atoms with Crippen molar-refractivity contribution in [1.82, 2.24) is 9.97 Å². The monoisotopic (exact) mass is 257 g/mol. The number of methoxy groups -OCH3 is 1. The third-order valence-corrected chi connectivity index (χ3v) is 2.54. The number of para-hydroxylation sites is 1. The molecular formula is C14H15N3O2. The molecule has 0 atom stereocenters. The molecule has 1 heterocycles. The maximum atomic E-state index is 9.92. The van der Waals surface area contributed by atoms with Crippen LogP contribution in [0.3, 0.4) is 0 Å². The first kappa shape index (κ1) is 13.0. The first-order chi connectivity index (χ1) is 9.10. The van der Waals surface area contributed by atoms with E-state index in [-0.39, 0.29) is 5.75 Å². The number of aromatic nitrogens is 2. The fourth-order valence-corrected chi connectivity index (χ4v) is 1.70. The van der Waals surface area contributed by atoms with E-state index in [0.717, 1.165) is 11.4 Å². The summed E-state index contributed by atoms with van der Waals surface area (Å²) < 4.78 is 5.03. The lowest BCUT2D eigenvalue weighted by atomic mass is 10.2. The molecule has 1 aromatic carbocycles. The number of phenolic OH excluding ortho intramolecular Hbond substituents is 1. The number of hydrogen-bond donors (Lipinski definition) is 1. The van der Waals surface area contributed by atoms with Gasteiger partial charge in [-0.2, -0.15) is 0 Å². The van der Waals surface area contributed by atoms with Gasteiger partial charge in [-0.25, -0.2) is 15.0 Å². The number of aryl methyl sites for hydroxylation is 2. The molecule has 0 spiro atoms. The molecule has 98 valence electrons. The van der Waals surface area contributed by atoms with Crippen LogP contribution in [0.1, 0.15) is 17.0 Å². The number of hydrogen-bond acceptors (Lipinski definition) is 5. The molecule has 0 saturated heterocycles. The van der Waals surface area contributed by atoms with Crippen LogP contribution in [0.15, 0.2) is 29.3 Å². The van der Waals surface area contributed by atoms with Crippen molar-refractivity contribution in [3.63, 3.8) is 0 Å². The Bertz CT molecular complexity index is 604. The third-order valence-electron chi connectivity index (χ3n) is 2.54. The molecule has 0 saturated carbocycles. The summed E-state index contributed by atoms with van der Waals surface area (Å²) in [5.41, 5.74) is 2.27. The summed E-state index contributed by atoms with van der Waals surface area (Å²) in [6, 6.07) is 7.08. The van der Waals surface area contributed by atoms with Crippen LogP contribution in [0.25, 0.3) is 0 Å². The van der Waals surface area contributed by atoms with E-state index in [1.165, 1.54) is 13.3 Å². The Morgan fingerprint density at radius 3 is 2.53 bits per heavy atom. The number of benzene rings is 1. The van der Waals surface area contributed by atoms with Crippen LogP contribution in [0.2, 0.25) is 0 Å². The van der Waals surface area contributed by atoms with Crippen molar-refractivity contribution in [2.24, 2.45) is 4.99 Å². The normalized spacial score (nSPS) is 10.9. The van der Waals surface area contributed by atoms with Gasteiger partial charge >= 0.3 is 0 Å². The van der Waals surface area contributed by atoms with E-state index in [9.17, 15) is 5.11 Å². The van der Waals surface area contributed by atoms with Gasteiger partial charge < -0.3 is 9.84 Å². The molecular weight excluding hydrogens is 242 g/mol. The van der Waals surface area contributed by atoms with Gasteiger partial charge in [-0.3, -0.25) is 0 Å². The molecule has 1 aromatic heterocycles. The van der Waals surface area contributed by atoms with E-state index in [2.05, 4.69) is 15.0 Å². The van der Waals surface area contributed by atoms with Gasteiger partial charge in [-0.1, -0.05) is 6.07 Å². The Hall–Kier alpha value is -2.43. The SMILES string of the molecule is COc1cccc(C=Nc2nc(C)cc(C)n2)c1O. The van der Waals surface area contributed by atoms with E-state index in [1.807, 2.05) is 19.9 Å². The van der Waals surface area contributed by atoms with E-state index < -0.39 is 0 Å². The lowest BCUT2D eigenvalue weighted by Gasteiger charge is -2.04. The van der Waals surface area contributed by atoms with Crippen molar-refractivity contribution in [3.8, 4) is 11.5 Å². The summed E-state index contributed by atoms with van der Waals surface area (Å²) >= 11 is 0. The van der Waals surface area contributed by atoms with E-state index in [1.54, 1.807) is 18.2 Å². The van der Waals surface area contributed by atoms with E-state index in [4.69, 9.17) is 4.74 Å². The fourth-order valence-electron chi connectivity index (χ4n) is 1.70. The number of nitrogens with zero attached hydrogens (tertiary/aromatic N) is 3. The van der Waals surface area contributed by atoms with Gasteiger partial charge in [0.2, 0.25) is 5.95 Å². The Morgan fingerprint density at radius 1 is 1.21 bits per heavy atom. The number of rotatable bonds is 3. The highest BCUT2D eigenvalue weighted by atomic mass is 16.5. The maximum Gasteiger partial charge on any atom is 0.249 e. The largest absolute Gasteiger partial charge is 0.504 e. The molecule has 2 rings (SSSR count). The summed E-state index contributed by atoms with van der Waals surface area (Å²) in [6.45, 7) is 3.77. The highest BCUT2D eigenvalue weighted by molar-refractivity contribution is 5.86. The molecule has 5 nitrogen and oxygen atoms in total. The quantitative estimate of drug-likeness (QED) is 0.858. The van der Waals surface area contributed by atoms with Crippen molar-refractivity contribution in [1.29, 1.82) is 0 Å². The zero-order chi connectivity index (χ0) is 13.8. The van der Waals surface area contributed by atoms with Crippen LogP contribution in [0.5, 0.6) is 11.5 Å². The van der Waals surface area contributed by atoms with Crippen LogP contribution in [-0.2, 0) is 0 Å². The average Bonchev–Trinajstić information content (AvgIpc) is 2.36. The lowest BCUT2D eigenvalue weighted by molar-refractivity contribution is 0.373. The predicted molar refractivity (Wildman–Crippen MR) is 73.4 cm³/mol. The molecule has 1 N–H and O–H groups in total. The third kappa shape index (κ3) is 3.07. The fraction of sp³-hybridized carbons (Fsp3) is 0.214. The van der Waals surface area contributed by atoms with Gasteiger partial charge in [0, 0.05) is 23.2 Å². The minimum absolute atomic E-state index is 0.0538. The summed E-state index contributed by atoms with van der Waals surface area (Å²) in [7, 11) is 1.50. The van der Waals surface area contributed by atoms with Gasteiger partial charge in [-0.15, -0.1) is 0 Å². The second kappa shape index (κ2) is 5.48. The predicted octanol–water partition coefficient (Wildman–Crippen LogP) is 2.56. The molecule has 0 bridgehead atoms. The standard InChI is InChI=1S/C14H15N3O2/c1-9-7-10(2)17-14(16-9)15-8-11-5-4-6-12(19-3)13(11)18/h4-8,18H,1-3H3. The molecule has 0 amide bonds. The second-order valence-corrected chi connectivity index (χ2v) is 4.11. The average molecular weight is 257 g/mol. The van der Waals surface area contributed by atoms with E-state index >= 15 is 0 Å². The lowest BCUT2D eigenvalue weighted by Crippen LogP contribution is -1.91. The van der Waals surface area contributed by atoms with E-state index in [0.29, 0.717) is 17.3 Å². The topological polar surface area (TPSA) is 67.6 Å². The smallest absolute Gasteiger partial charge is 0.249 e. The summed E-state index contributed by atoms with van der Waals surface area (Å²) in [5.74, 6) is 0.836. The van der Waals surface area contributed by atoms with Crippen molar-refractivity contribution >= 4 is 12.2 Å². The van der Waals surface area contributed by atoms with Gasteiger partial charge in [-0.05, 0) is 32.0 Å². The van der Waals surface area contributed by atoms with Crippen LogP contribution < -0.4 is 4.74 Å². The van der Waals surface area contributed by atoms with Crippen LogP contribution in [-0.4, -0.2) is 28.4 Å². The van der Waals surface area contributed by atoms with Crippen molar-refractivity contribution in [2.75, 3.05) is 7.11 Å². The number of aliphatic imine (C=N–C) groups is 1. The minimum Gasteiger partial charge on any atom is -0.504 e. The first-order valence-electron chi connectivity index (χ1n) is 5.82. The molecule has 0 unspecified atom stereocenters. The first-order valence-corrected chi connectivity index (χ1v) is 5.82. The molecule has 0 radical (unpaired) electrons. The second-order valence-electron chi connectivity index (χ2n) is 4.11.